The van der Waals surface area contributed by atoms with Crippen molar-refractivity contribution < 1.29 is 27.4 Å². The molecule has 10 heteroatoms. The molecule has 0 spiro atoms. The molecule has 0 amide bonds. The fraction of sp³-hybridized carbons (Fsp3) is 0.435. The maximum absolute atomic E-state index is 13.5. The number of hydrogen-bond donors (Lipinski definition) is 1. The minimum Gasteiger partial charge on any atom is -0.493 e. The summed E-state index contributed by atoms with van der Waals surface area (Å²) < 4.78 is 40.1. The van der Waals surface area contributed by atoms with Crippen LogP contribution in [0.2, 0.25) is 10.0 Å². The third-order valence-corrected chi connectivity index (χ3v) is 7.74. The highest BCUT2D eigenvalue weighted by Gasteiger charge is 2.44. The zero-order valence-electron chi connectivity index (χ0n) is 18.9. The maximum Gasteiger partial charge on any atom is 0.204 e. The van der Waals surface area contributed by atoms with E-state index in [4.69, 9.17) is 37.4 Å². The standard InChI is InChI=1S/C23H27Cl2NO6S/c1-30-19-8-6-15(21(31-2)22(19)32-3)20(27)18-12-23(13-26-18,9-10-33(4,28)29)14-5-7-16(24)17(25)11-14/h5-8,11,18,26H,9-10,12-13H2,1-4H3. The Kier molecular flexibility index (Phi) is 7.84. The van der Waals surface area contributed by atoms with Crippen LogP contribution >= 0.6 is 23.2 Å². The predicted octanol–water partition coefficient (Wildman–Crippen LogP) is 3.94. The summed E-state index contributed by atoms with van der Waals surface area (Å²) in [5.74, 6) is 0.858. The van der Waals surface area contributed by atoms with Crippen LogP contribution in [0.3, 0.4) is 0 Å². The number of ether oxygens (including phenoxy) is 3. The van der Waals surface area contributed by atoms with Crippen LogP contribution in [0, 0.1) is 0 Å². The van der Waals surface area contributed by atoms with Gasteiger partial charge < -0.3 is 19.5 Å². The van der Waals surface area contributed by atoms with E-state index in [-0.39, 0.29) is 17.3 Å². The summed E-state index contributed by atoms with van der Waals surface area (Å²) in [7, 11) is 1.22. The highest BCUT2D eigenvalue weighted by atomic mass is 35.5. The largest absolute Gasteiger partial charge is 0.493 e. The lowest BCUT2D eigenvalue weighted by molar-refractivity contribution is 0.0945. The van der Waals surface area contributed by atoms with E-state index >= 15 is 0 Å². The smallest absolute Gasteiger partial charge is 0.204 e. The second-order valence-electron chi connectivity index (χ2n) is 8.17. The van der Waals surface area contributed by atoms with Crippen LogP contribution in [0.25, 0.3) is 0 Å². The van der Waals surface area contributed by atoms with E-state index in [9.17, 15) is 13.2 Å². The first-order chi connectivity index (χ1) is 15.5. The van der Waals surface area contributed by atoms with E-state index in [2.05, 4.69) is 5.32 Å². The predicted molar refractivity (Wildman–Crippen MR) is 129 cm³/mol. The van der Waals surface area contributed by atoms with Gasteiger partial charge in [0.2, 0.25) is 5.75 Å². The van der Waals surface area contributed by atoms with Gasteiger partial charge in [0.25, 0.3) is 0 Å². The minimum atomic E-state index is -3.22. The third kappa shape index (κ3) is 5.40. The molecular weight excluding hydrogens is 489 g/mol. The van der Waals surface area contributed by atoms with E-state index in [1.165, 1.54) is 27.6 Å². The molecule has 1 saturated heterocycles. The van der Waals surface area contributed by atoms with Crippen LogP contribution in [0.5, 0.6) is 17.2 Å². The molecule has 1 fully saturated rings. The van der Waals surface area contributed by atoms with Crippen LogP contribution in [0.1, 0.15) is 28.8 Å². The van der Waals surface area contributed by atoms with Crippen molar-refractivity contribution in [3.8, 4) is 17.2 Å². The molecule has 0 aromatic heterocycles. The van der Waals surface area contributed by atoms with Gasteiger partial charge in [0.05, 0.1) is 48.7 Å². The third-order valence-electron chi connectivity index (χ3n) is 6.05. The van der Waals surface area contributed by atoms with Gasteiger partial charge in [0, 0.05) is 18.2 Å². The molecule has 1 N–H and O–H groups in total. The Balaban J connectivity index is 1.98. The molecule has 7 nitrogen and oxygen atoms in total. The molecule has 0 saturated carbocycles. The Labute approximate surface area is 204 Å². The summed E-state index contributed by atoms with van der Waals surface area (Å²) in [5.41, 5.74) is 0.574. The first-order valence-corrected chi connectivity index (χ1v) is 13.1. The van der Waals surface area contributed by atoms with Crippen molar-refractivity contribution in [1.29, 1.82) is 0 Å². The van der Waals surface area contributed by atoms with Crippen molar-refractivity contribution in [2.45, 2.75) is 24.3 Å². The van der Waals surface area contributed by atoms with Crippen molar-refractivity contribution in [2.24, 2.45) is 0 Å². The Bertz CT molecular complexity index is 1150. The highest BCUT2D eigenvalue weighted by Crippen LogP contribution is 2.43. The van der Waals surface area contributed by atoms with Gasteiger partial charge in [-0.05, 0) is 42.7 Å². The van der Waals surface area contributed by atoms with E-state index in [1.807, 2.05) is 6.07 Å². The van der Waals surface area contributed by atoms with Crippen LogP contribution in [0.4, 0.5) is 0 Å². The fourth-order valence-corrected chi connectivity index (χ4v) is 5.34. The quantitative estimate of drug-likeness (QED) is 0.505. The summed E-state index contributed by atoms with van der Waals surface area (Å²) in [6, 6.07) is 8.00. The highest BCUT2D eigenvalue weighted by molar-refractivity contribution is 7.90. The SMILES string of the molecule is COc1ccc(C(=O)C2CC(CCS(C)(=O)=O)(c3ccc(Cl)c(Cl)c3)CN2)c(OC)c1OC. The lowest BCUT2D eigenvalue weighted by Crippen LogP contribution is -2.31. The van der Waals surface area contributed by atoms with Gasteiger partial charge in [0.15, 0.2) is 17.3 Å². The summed E-state index contributed by atoms with van der Waals surface area (Å²) >= 11 is 12.4. The van der Waals surface area contributed by atoms with Crippen molar-refractivity contribution in [1.82, 2.24) is 5.32 Å². The molecule has 0 aliphatic carbocycles. The molecule has 1 aliphatic heterocycles. The van der Waals surface area contributed by atoms with E-state index < -0.39 is 21.3 Å². The number of Topliss-reactive ketones (excluding diaryl/α,β-unsaturated/α-hetero) is 1. The van der Waals surface area contributed by atoms with Crippen molar-refractivity contribution in [2.75, 3.05) is 39.9 Å². The van der Waals surface area contributed by atoms with Gasteiger partial charge in [0.1, 0.15) is 9.84 Å². The number of rotatable bonds is 9. The number of ketones is 1. The summed E-state index contributed by atoms with van der Waals surface area (Å²) in [5, 5.41) is 4.07. The Morgan fingerprint density at radius 1 is 1.06 bits per heavy atom. The summed E-state index contributed by atoms with van der Waals surface area (Å²) in [6.45, 7) is 0.409. The fourth-order valence-electron chi connectivity index (χ4n) is 4.28. The molecule has 3 rings (SSSR count). The first kappa shape index (κ1) is 25.6. The van der Waals surface area contributed by atoms with Gasteiger partial charge in [-0.1, -0.05) is 29.3 Å². The molecule has 33 heavy (non-hydrogen) atoms. The van der Waals surface area contributed by atoms with Gasteiger partial charge in [-0.2, -0.15) is 0 Å². The topological polar surface area (TPSA) is 90.9 Å². The number of nitrogens with one attached hydrogen (secondary N) is 1. The number of sulfone groups is 1. The molecular formula is C23H27Cl2NO6S. The Morgan fingerprint density at radius 2 is 1.76 bits per heavy atom. The van der Waals surface area contributed by atoms with Crippen molar-refractivity contribution in [3.05, 3.63) is 51.5 Å². The molecule has 1 aliphatic rings. The second kappa shape index (κ2) is 10.1. The van der Waals surface area contributed by atoms with Gasteiger partial charge in [-0.3, -0.25) is 4.79 Å². The lowest BCUT2D eigenvalue weighted by atomic mass is 9.75. The monoisotopic (exact) mass is 515 g/mol. The molecule has 0 bridgehead atoms. The van der Waals surface area contributed by atoms with Crippen LogP contribution in [0.15, 0.2) is 30.3 Å². The maximum atomic E-state index is 13.5. The molecule has 2 aromatic rings. The first-order valence-electron chi connectivity index (χ1n) is 10.2. The van der Waals surface area contributed by atoms with E-state index in [0.29, 0.717) is 46.5 Å². The van der Waals surface area contributed by atoms with Crippen molar-refractivity contribution >= 4 is 38.8 Å². The average molecular weight is 516 g/mol. The molecule has 2 aromatic carbocycles. The van der Waals surface area contributed by atoms with E-state index in [0.717, 1.165) is 5.56 Å². The number of halogens is 2. The summed E-state index contributed by atoms with van der Waals surface area (Å²) in [4.78, 5) is 13.5. The number of carbonyl (C=O) groups excluding carboxylic acids is 1. The normalized spacial score (nSPS) is 20.5. The number of hydrogen-bond acceptors (Lipinski definition) is 7. The lowest BCUT2D eigenvalue weighted by Gasteiger charge is -2.29. The van der Waals surface area contributed by atoms with Gasteiger partial charge in [-0.25, -0.2) is 8.42 Å². The summed E-state index contributed by atoms with van der Waals surface area (Å²) in [6.07, 6.45) is 1.93. The average Bonchev–Trinajstić information content (AvgIpc) is 3.23. The van der Waals surface area contributed by atoms with Crippen LogP contribution in [-0.4, -0.2) is 60.1 Å². The van der Waals surface area contributed by atoms with Gasteiger partial charge >= 0.3 is 0 Å². The number of carbonyl (C=O) groups is 1. The number of methoxy groups -OCH3 is 3. The van der Waals surface area contributed by atoms with Crippen LogP contribution in [-0.2, 0) is 15.3 Å². The zero-order valence-corrected chi connectivity index (χ0v) is 21.2. The minimum absolute atomic E-state index is 0.0183. The Hall–Kier alpha value is -2.00. The molecule has 2 unspecified atom stereocenters. The zero-order chi connectivity index (χ0) is 24.4. The molecule has 0 radical (unpaired) electrons. The number of benzene rings is 2. The molecule has 180 valence electrons. The van der Waals surface area contributed by atoms with E-state index in [1.54, 1.807) is 24.3 Å². The van der Waals surface area contributed by atoms with Crippen LogP contribution < -0.4 is 19.5 Å². The molecule has 2 atom stereocenters. The second-order valence-corrected chi connectivity index (χ2v) is 11.2. The van der Waals surface area contributed by atoms with Gasteiger partial charge in [-0.15, -0.1) is 0 Å². The Morgan fingerprint density at radius 3 is 2.33 bits per heavy atom. The molecule has 1 heterocycles. The van der Waals surface area contributed by atoms with Crippen molar-refractivity contribution in [3.63, 3.8) is 0 Å².